The average molecular weight is 343 g/mol. The van der Waals surface area contributed by atoms with E-state index in [4.69, 9.17) is 14.2 Å². The standard InChI is InChI=1S/C19H21NO5/c1-23-17-4-2-3-5-18(17)25-12-19(22)20-11-15(21)13-6-7-16-14(10-13)8-9-24-16/h2-7,10,15,21H,8-9,11-12H2,1H3,(H,20,22)/t15-/m1/s1. The lowest BCUT2D eigenvalue weighted by molar-refractivity contribution is -0.123. The molecule has 25 heavy (non-hydrogen) atoms. The van der Waals surface area contributed by atoms with Gasteiger partial charge < -0.3 is 24.6 Å². The number of benzene rings is 2. The number of fused-ring (bicyclic) bond motifs is 1. The van der Waals surface area contributed by atoms with Crippen molar-refractivity contribution in [3.63, 3.8) is 0 Å². The van der Waals surface area contributed by atoms with Gasteiger partial charge in [0.25, 0.3) is 5.91 Å². The first-order valence-electron chi connectivity index (χ1n) is 8.13. The van der Waals surface area contributed by atoms with Crippen molar-refractivity contribution in [1.29, 1.82) is 0 Å². The molecule has 1 aliphatic rings. The van der Waals surface area contributed by atoms with Crippen molar-refractivity contribution in [2.45, 2.75) is 12.5 Å². The van der Waals surface area contributed by atoms with E-state index in [-0.39, 0.29) is 19.1 Å². The molecule has 1 heterocycles. The summed E-state index contributed by atoms with van der Waals surface area (Å²) in [6.45, 7) is 0.644. The first-order valence-corrected chi connectivity index (χ1v) is 8.13. The van der Waals surface area contributed by atoms with E-state index < -0.39 is 6.10 Å². The lowest BCUT2D eigenvalue weighted by atomic mass is 10.0. The number of rotatable bonds is 7. The van der Waals surface area contributed by atoms with Crippen LogP contribution in [0.1, 0.15) is 17.2 Å². The van der Waals surface area contributed by atoms with Crippen molar-refractivity contribution in [2.75, 3.05) is 26.9 Å². The Hall–Kier alpha value is -2.73. The molecule has 0 fully saturated rings. The first kappa shape index (κ1) is 17.1. The third-order valence-corrected chi connectivity index (χ3v) is 4.02. The lowest BCUT2D eigenvalue weighted by Crippen LogP contribution is -2.32. The van der Waals surface area contributed by atoms with Gasteiger partial charge in [-0.1, -0.05) is 18.2 Å². The Balaban J connectivity index is 1.48. The summed E-state index contributed by atoms with van der Waals surface area (Å²) in [5.74, 6) is 1.62. The summed E-state index contributed by atoms with van der Waals surface area (Å²) in [6, 6.07) is 12.7. The highest BCUT2D eigenvalue weighted by Gasteiger charge is 2.16. The maximum atomic E-state index is 11.9. The van der Waals surface area contributed by atoms with Crippen molar-refractivity contribution in [3.05, 3.63) is 53.6 Å². The van der Waals surface area contributed by atoms with Gasteiger partial charge in [-0.25, -0.2) is 0 Å². The quantitative estimate of drug-likeness (QED) is 0.802. The van der Waals surface area contributed by atoms with Gasteiger partial charge in [-0.2, -0.15) is 0 Å². The number of amides is 1. The molecule has 0 radical (unpaired) electrons. The zero-order valence-electron chi connectivity index (χ0n) is 14.0. The van der Waals surface area contributed by atoms with Gasteiger partial charge in [-0.15, -0.1) is 0 Å². The molecule has 3 rings (SSSR count). The third kappa shape index (κ3) is 4.22. The van der Waals surface area contributed by atoms with Gasteiger partial charge in [0.1, 0.15) is 5.75 Å². The Morgan fingerprint density at radius 2 is 2.08 bits per heavy atom. The number of carbonyl (C=O) groups excluding carboxylic acids is 1. The van der Waals surface area contributed by atoms with Crippen LogP contribution in [0.2, 0.25) is 0 Å². The zero-order valence-corrected chi connectivity index (χ0v) is 14.0. The van der Waals surface area contributed by atoms with Gasteiger partial charge in [-0.3, -0.25) is 4.79 Å². The Morgan fingerprint density at radius 1 is 1.28 bits per heavy atom. The molecule has 6 heteroatoms. The van der Waals surface area contributed by atoms with E-state index in [0.717, 1.165) is 23.3 Å². The summed E-state index contributed by atoms with van der Waals surface area (Å²) in [5.41, 5.74) is 1.84. The molecule has 0 saturated heterocycles. The first-order chi connectivity index (χ1) is 12.2. The normalized spacial score (nSPS) is 13.5. The molecule has 6 nitrogen and oxygen atoms in total. The Bertz CT molecular complexity index is 746. The molecule has 0 saturated carbocycles. The van der Waals surface area contributed by atoms with Gasteiger partial charge in [0.05, 0.1) is 19.8 Å². The molecule has 0 unspecified atom stereocenters. The van der Waals surface area contributed by atoms with E-state index in [1.807, 2.05) is 24.3 Å². The van der Waals surface area contributed by atoms with Crippen LogP contribution >= 0.6 is 0 Å². The highest BCUT2D eigenvalue weighted by atomic mass is 16.5. The number of aliphatic hydroxyl groups excluding tert-OH is 1. The molecule has 0 aliphatic carbocycles. The van der Waals surface area contributed by atoms with E-state index in [2.05, 4.69) is 5.32 Å². The van der Waals surface area contributed by atoms with Gasteiger partial charge in [0.15, 0.2) is 18.1 Å². The van der Waals surface area contributed by atoms with Crippen molar-refractivity contribution in [2.24, 2.45) is 0 Å². The molecule has 0 aromatic heterocycles. The maximum absolute atomic E-state index is 11.9. The Kier molecular flexibility index (Phi) is 5.40. The second kappa shape index (κ2) is 7.90. The Morgan fingerprint density at radius 3 is 2.88 bits per heavy atom. The smallest absolute Gasteiger partial charge is 0.258 e. The van der Waals surface area contributed by atoms with E-state index in [0.29, 0.717) is 18.1 Å². The zero-order chi connectivity index (χ0) is 17.6. The second-order valence-corrected chi connectivity index (χ2v) is 5.73. The number of hydrogen-bond acceptors (Lipinski definition) is 5. The molecular formula is C19H21NO5. The SMILES string of the molecule is COc1ccccc1OCC(=O)NC[C@@H](O)c1ccc2c(c1)CCO2. The van der Waals surface area contributed by atoms with Crippen LogP contribution in [-0.4, -0.2) is 37.9 Å². The van der Waals surface area contributed by atoms with Crippen LogP contribution in [0.15, 0.2) is 42.5 Å². The van der Waals surface area contributed by atoms with Crippen molar-refractivity contribution in [1.82, 2.24) is 5.32 Å². The predicted octanol–water partition coefficient (Wildman–Crippen LogP) is 1.86. The van der Waals surface area contributed by atoms with Crippen molar-refractivity contribution >= 4 is 5.91 Å². The van der Waals surface area contributed by atoms with Gasteiger partial charge in [0, 0.05) is 13.0 Å². The molecule has 132 valence electrons. The molecule has 2 aromatic carbocycles. The highest BCUT2D eigenvalue weighted by molar-refractivity contribution is 5.77. The molecular weight excluding hydrogens is 322 g/mol. The van der Waals surface area contributed by atoms with Gasteiger partial charge >= 0.3 is 0 Å². The molecule has 1 atom stereocenters. The topological polar surface area (TPSA) is 77.0 Å². The van der Waals surface area contributed by atoms with Crippen LogP contribution in [0.4, 0.5) is 0 Å². The minimum absolute atomic E-state index is 0.119. The summed E-state index contributed by atoms with van der Waals surface area (Å²) < 4.78 is 16.1. The van der Waals surface area contributed by atoms with Crippen molar-refractivity contribution < 1.29 is 24.1 Å². The van der Waals surface area contributed by atoms with Crippen LogP contribution in [0.3, 0.4) is 0 Å². The lowest BCUT2D eigenvalue weighted by Gasteiger charge is -2.14. The number of ether oxygens (including phenoxy) is 3. The fourth-order valence-corrected chi connectivity index (χ4v) is 2.67. The minimum Gasteiger partial charge on any atom is -0.493 e. The number of nitrogens with one attached hydrogen (secondary N) is 1. The maximum Gasteiger partial charge on any atom is 0.258 e. The fraction of sp³-hybridized carbons (Fsp3) is 0.316. The summed E-state index contributed by atoms with van der Waals surface area (Å²) >= 11 is 0. The fourth-order valence-electron chi connectivity index (χ4n) is 2.67. The molecule has 1 aliphatic heterocycles. The largest absolute Gasteiger partial charge is 0.493 e. The molecule has 0 bridgehead atoms. The van der Waals surface area contributed by atoms with E-state index in [1.54, 1.807) is 25.3 Å². The van der Waals surface area contributed by atoms with Crippen LogP contribution in [0.25, 0.3) is 0 Å². The van der Waals surface area contributed by atoms with Crippen LogP contribution in [-0.2, 0) is 11.2 Å². The Labute approximate surface area is 146 Å². The van der Waals surface area contributed by atoms with Gasteiger partial charge in [0.2, 0.25) is 0 Å². The predicted molar refractivity (Wildman–Crippen MR) is 92.1 cm³/mol. The summed E-state index contributed by atoms with van der Waals surface area (Å²) in [6.07, 6.45) is 0.0655. The van der Waals surface area contributed by atoms with E-state index in [1.165, 1.54) is 0 Å². The second-order valence-electron chi connectivity index (χ2n) is 5.73. The minimum atomic E-state index is -0.777. The summed E-state index contributed by atoms with van der Waals surface area (Å²) in [7, 11) is 1.54. The monoisotopic (exact) mass is 343 g/mol. The molecule has 1 amide bonds. The summed E-state index contributed by atoms with van der Waals surface area (Å²) in [4.78, 5) is 11.9. The van der Waals surface area contributed by atoms with Gasteiger partial charge in [-0.05, 0) is 35.4 Å². The number of carbonyl (C=O) groups is 1. The van der Waals surface area contributed by atoms with Crippen molar-refractivity contribution in [3.8, 4) is 17.2 Å². The molecule has 2 N–H and O–H groups in total. The molecule has 0 spiro atoms. The number of methoxy groups -OCH3 is 1. The highest BCUT2D eigenvalue weighted by Crippen LogP contribution is 2.28. The number of para-hydroxylation sites is 2. The third-order valence-electron chi connectivity index (χ3n) is 4.02. The average Bonchev–Trinajstić information content (AvgIpc) is 3.12. The number of hydrogen-bond donors (Lipinski definition) is 2. The summed E-state index contributed by atoms with van der Waals surface area (Å²) in [5, 5.41) is 12.9. The van der Waals surface area contributed by atoms with Crippen LogP contribution in [0, 0.1) is 0 Å². The van der Waals surface area contributed by atoms with E-state index in [9.17, 15) is 9.90 Å². The number of aliphatic hydroxyl groups is 1. The van der Waals surface area contributed by atoms with E-state index >= 15 is 0 Å². The molecule has 2 aromatic rings. The van der Waals surface area contributed by atoms with Crippen LogP contribution in [0.5, 0.6) is 17.2 Å². The van der Waals surface area contributed by atoms with Crippen LogP contribution < -0.4 is 19.5 Å².